The average Bonchev–Trinajstić information content (AvgIpc) is 3.14. The number of carbonyl (C=O) groups is 1. The van der Waals surface area contributed by atoms with Gasteiger partial charge in [0.05, 0.1) is 23.9 Å². The lowest BCUT2D eigenvalue weighted by atomic mass is 9.90. The first-order valence-electron chi connectivity index (χ1n) is 10.7. The molecule has 0 atom stereocenters. The summed E-state index contributed by atoms with van der Waals surface area (Å²) < 4.78 is 5.63. The van der Waals surface area contributed by atoms with Crippen LogP contribution in [0.3, 0.4) is 0 Å². The number of amides is 1. The van der Waals surface area contributed by atoms with Gasteiger partial charge in [0.1, 0.15) is 0 Å². The Hall–Kier alpha value is -3.63. The predicted molar refractivity (Wildman–Crippen MR) is 120 cm³/mol. The Balaban J connectivity index is 1.47. The molecule has 1 aliphatic heterocycles. The number of nitriles is 1. The Morgan fingerprint density at radius 3 is 2.69 bits per heavy atom. The van der Waals surface area contributed by atoms with Crippen molar-refractivity contribution in [1.82, 2.24) is 15.1 Å². The fraction of sp³-hybridized carbons (Fsp3) is 0.320. The Bertz CT molecular complexity index is 1150. The quantitative estimate of drug-likeness (QED) is 0.558. The van der Waals surface area contributed by atoms with Crippen molar-refractivity contribution in [1.29, 1.82) is 5.26 Å². The topological polar surface area (TPSA) is 102 Å². The normalized spacial score (nSPS) is 13.5. The van der Waals surface area contributed by atoms with Gasteiger partial charge in [0.2, 0.25) is 5.88 Å². The van der Waals surface area contributed by atoms with Crippen molar-refractivity contribution in [2.75, 3.05) is 26.3 Å². The van der Waals surface area contributed by atoms with Crippen molar-refractivity contribution < 1.29 is 14.6 Å². The second-order valence-electron chi connectivity index (χ2n) is 8.12. The van der Waals surface area contributed by atoms with E-state index in [1.165, 1.54) is 0 Å². The number of likely N-dealkylation sites (tertiary alicyclic amines) is 1. The molecule has 1 saturated heterocycles. The number of aromatic nitrogens is 2. The lowest BCUT2D eigenvalue weighted by Gasteiger charge is -2.39. The minimum Gasteiger partial charge on any atom is -0.476 e. The van der Waals surface area contributed by atoms with Crippen molar-refractivity contribution in [3.8, 4) is 23.2 Å². The molecule has 0 spiro atoms. The third kappa shape index (κ3) is 4.23. The number of ether oxygens (including phenoxy) is 1. The van der Waals surface area contributed by atoms with E-state index in [9.17, 15) is 4.79 Å². The monoisotopic (exact) mass is 430 g/mol. The smallest absolute Gasteiger partial charge is 0.253 e. The molecule has 1 fully saturated rings. The molecule has 4 rings (SSSR count). The molecular weight excluding hydrogens is 404 g/mol. The SMILES string of the molecule is Cc1ccc(C(=O)N2CC(c3ccc(C#N)cc3)C2)cc1-c1[nH]nc(OCCCO)c1C. The van der Waals surface area contributed by atoms with Crippen LogP contribution in [0.15, 0.2) is 42.5 Å². The summed E-state index contributed by atoms with van der Waals surface area (Å²) in [5.41, 5.74) is 6.09. The highest BCUT2D eigenvalue weighted by Crippen LogP contribution is 2.32. The highest BCUT2D eigenvalue weighted by Gasteiger charge is 2.32. The summed E-state index contributed by atoms with van der Waals surface area (Å²) in [7, 11) is 0. The number of aliphatic hydroxyl groups excluding tert-OH is 1. The maximum absolute atomic E-state index is 13.1. The van der Waals surface area contributed by atoms with Gasteiger partial charge in [-0.05, 0) is 49.2 Å². The summed E-state index contributed by atoms with van der Waals surface area (Å²) >= 11 is 0. The van der Waals surface area contributed by atoms with Crippen molar-refractivity contribution in [2.45, 2.75) is 26.2 Å². The zero-order chi connectivity index (χ0) is 22.7. The molecule has 1 aromatic heterocycles. The lowest BCUT2D eigenvalue weighted by Crippen LogP contribution is -2.48. The van der Waals surface area contributed by atoms with Gasteiger partial charge in [0, 0.05) is 48.7 Å². The molecule has 7 nitrogen and oxygen atoms in total. The molecule has 2 aromatic carbocycles. The summed E-state index contributed by atoms with van der Waals surface area (Å²) in [6.45, 7) is 5.73. The number of nitrogens with one attached hydrogen (secondary N) is 1. The third-order valence-corrected chi connectivity index (χ3v) is 5.94. The van der Waals surface area contributed by atoms with Crippen LogP contribution in [-0.4, -0.2) is 52.4 Å². The largest absolute Gasteiger partial charge is 0.476 e. The van der Waals surface area contributed by atoms with Gasteiger partial charge in [-0.1, -0.05) is 18.2 Å². The van der Waals surface area contributed by atoms with E-state index in [4.69, 9.17) is 15.1 Å². The summed E-state index contributed by atoms with van der Waals surface area (Å²) in [5, 5.41) is 25.2. The first kappa shape index (κ1) is 21.6. The molecule has 7 heteroatoms. The van der Waals surface area contributed by atoms with Gasteiger partial charge in [-0.15, -0.1) is 5.10 Å². The lowest BCUT2D eigenvalue weighted by molar-refractivity contribution is 0.0602. The molecular formula is C25H26N4O3. The standard InChI is InChI=1S/C25H26N4O3/c1-16-4-7-20(12-22(16)23-17(2)24(28-27-23)32-11-3-10-30)25(31)29-14-21(15-29)19-8-5-18(13-26)6-9-19/h4-9,12,21,30H,3,10-11,14-15H2,1-2H3,(H,27,28). The van der Waals surface area contributed by atoms with Crippen LogP contribution in [0.1, 0.15) is 45.0 Å². The number of rotatable bonds is 7. The van der Waals surface area contributed by atoms with Gasteiger partial charge < -0.3 is 14.7 Å². The Morgan fingerprint density at radius 1 is 1.25 bits per heavy atom. The molecule has 1 aliphatic rings. The fourth-order valence-corrected chi connectivity index (χ4v) is 3.91. The molecule has 0 unspecified atom stereocenters. The van der Waals surface area contributed by atoms with Crippen molar-refractivity contribution in [2.24, 2.45) is 0 Å². The summed E-state index contributed by atoms with van der Waals surface area (Å²) in [4.78, 5) is 14.9. The number of hydrogen-bond donors (Lipinski definition) is 2. The number of H-pyrrole nitrogens is 1. The van der Waals surface area contributed by atoms with Gasteiger partial charge in [-0.3, -0.25) is 9.89 Å². The Morgan fingerprint density at radius 2 is 2.00 bits per heavy atom. The molecule has 164 valence electrons. The molecule has 0 bridgehead atoms. The first-order valence-corrected chi connectivity index (χ1v) is 10.7. The number of aliphatic hydroxyl groups is 1. The van der Waals surface area contributed by atoms with Crippen LogP contribution in [0.4, 0.5) is 0 Å². The number of carbonyl (C=O) groups excluding carboxylic acids is 1. The average molecular weight is 431 g/mol. The number of benzene rings is 2. The summed E-state index contributed by atoms with van der Waals surface area (Å²) in [5.74, 6) is 0.815. The van der Waals surface area contributed by atoms with Crippen LogP contribution < -0.4 is 4.74 Å². The van der Waals surface area contributed by atoms with E-state index in [1.807, 2.05) is 61.2 Å². The van der Waals surface area contributed by atoms with Crippen molar-refractivity contribution in [3.05, 3.63) is 70.3 Å². The maximum Gasteiger partial charge on any atom is 0.253 e. The van der Waals surface area contributed by atoms with Crippen molar-refractivity contribution in [3.63, 3.8) is 0 Å². The Labute approximate surface area is 187 Å². The van der Waals surface area contributed by atoms with Crippen LogP contribution >= 0.6 is 0 Å². The van der Waals surface area contributed by atoms with E-state index in [1.54, 1.807) is 0 Å². The molecule has 2 heterocycles. The van der Waals surface area contributed by atoms with Crippen LogP contribution in [0.25, 0.3) is 11.3 Å². The number of aromatic amines is 1. The second-order valence-corrected chi connectivity index (χ2v) is 8.12. The highest BCUT2D eigenvalue weighted by molar-refractivity contribution is 5.96. The van der Waals surface area contributed by atoms with E-state index in [2.05, 4.69) is 16.3 Å². The number of nitrogens with zero attached hydrogens (tertiary/aromatic N) is 3. The van der Waals surface area contributed by atoms with Crippen LogP contribution in [0, 0.1) is 25.2 Å². The zero-order valence-corrected chi connectivity index (χ0v) is 18.3. The highest BCUT2D eigenvalue weighted by atomic mass is 16.5. The second kappa shape index (κ2) is 9.25. The number of hydrogen-bond acceptors (Lipinski definition) is 5. The van der Waals surface area contributed by atoms with Crippen LogP contribution in [0.2, 0.25) is 0 Å². The van der Waals surface area contributed by atoms with Crippen LogP contribution in [-0.2, 0) is 0 Å². The Kier molecular flexibility index (Phi) is 6.24. The predicted octanol–water partition coefficient (Wildman–Crippen LogP) is 3.57. The summed E-state index contributed by atoms with van der Waals surface area (Å²) in [6, 6.07) is 15.4. The molecule has 32 heavy (non-hydrogen) atoms. The molecule has 3 aromatic rings. The van der Waals surface area contributed by atoms with Gasteiger partial charge in [0.15, 0.2) is 0 Å². The van der Waals surface area contributed by atoms with Crippen LogP contribution in [0.5, 0.6) is 5.88 Å². The van der Waals surface area contributed by atoms with Gasteiger partial charge in [-0.2, -0.15) is 5.26 Å². The van der Waals surface area contributed by atoms with Gasteiger partial charge >= 0.3 is 0 Å². The molecule has 1 amide bonds. The minimum atomic E-state index is 0.00716. The van der Waals surface area contributed by atoms with E-state index < -0.39 is 0 Å². The third-order valence-electron chi connectivity index (χ3n) is 5.94. The van der Waals surface area contributed by atoms with E-state index in [0.717, 1.165) is 27.9 Å². The van der Waals surface area contributed by atoms with E-state index in [-0.39, 0.29) is 12.5 Å². The summed E-state index contributed by atoms with van der Waals surface area (Å²) in [6.07, 6.45) is 0.546. The fourth-order valence-electron chi connectivity index (χ4n) is 3.91. The minimum absolute atomic E-state index is 0.00716. The zero-order valence-electron chi connectivity index (χ0n) is 18.3. The molecule has 0 saturated carbocycles. The molecule has 0 radical (unpaired) electrons. The molecule has 2 N–H and O–H groups in total. The van der Waals surface area contributed by atoms with Crippen molar-refractivity contribution >= 4 is 5.91 Å². The van der Waals surface area contributed by atoms with E-state index in [0.29, 0.717) is 49.0 Å². The molecule has 0 aliphatic carbocycles. The van der Waals surface area contributed by atoms with Gasteiger partial charge in [0.25, 0.3) is 5.91 Å². The maximum atomic E-state index is 13.1. The van der Waals surface area contributed by atoms with Gasteiger partial charge in [-0.25, -0.2) is 0 Å². The number of aryl methyl sites for hydroxylation is 1. The van der Waals surface area contributed by atoms with E-state index >= 15 is 0 Å². The first-order chi connectivity index (χ1) is 15.5.